The van der Waals surface area contributed by atoms with E-state index in [0.29, 0.717) is 0 Å². The number of hydrogen-bond acceptors (Lipinski definition) is 4. The summed E-state index contributed by atoms with van der Waals surface area (Å²) in [5, 5.41) is 16.7. The number of Topliss-reactive ketones (excluding diaryl/α,β-unsaturated/α-hetero) is 1. The molecule has 1 atom stereocenters. The molecular weight excluding hydrogens is 164 g/mol. The van der Waals surface area contributed by atoms with Crippen LogP contribution in [0, 0.1) is 0 Å². The molecule has 0 fully saturated rings. The highest BCUT2D eigenvalue weighted by Gasteiger charge is 2.15. The Labute approximate surface area is 70.0 Å². The van der Waals surface area contributed by atoms with Crippen molar-refractivity contribution in [3.63, 3.8) is 0 Å². The second-order valence-corrected chi connectivity index (χ2v) is 2.42. The molecular formula is C7H12O5. The molecule has 5 nitrogen and oxygen atoms in total. The van der Waals surface area contributed by atoms with E-state index in [1.165, 1.54) is 6.92 Å². The zero-order valence-corrected chi connectivity index (χ0v) is 6.82. The first-order valence-electron chi connectivity index (χ1n) is 3.50. The minimum absolute atomic E-state index is 0.0207. The zero-order valence-electron chi connectivity index (χ0n) is 6.82. The second-order valence-electron chi connectivity index (χ2n) is 2.42. The van der Waals surface area contributed by atoms with Crippen LogP contribution >= 0.6 is 0 Å². The van der Waals surface area contributed by atoms with Crippen molar-refractivity contribution in [2.75, 3.05) is 6.79 Å². The van der Waals surface area contributed by atoms with E-state index in [0.717, 1.165) is 0 Å². The van der Waals surface area contributed by atoms with E-state index >= 15 is 0 Å². The molecule has 0 aromatic rings. The number of rotatable bonds is 6. The average Bonchev–Trinajstić information content (AvgIpc) is 1.84. The lowest BCUT2D eigenvalue weighted by Crippen LogP contribution is -2.20. The third-order valence-electron chi connectivity index (χ3n) is 1.23. The van der Waals surface area contributed by atoms with Crippen LogP contribution in [-0.4, -0.2) is 34.9 Å². The van der Waals surface area contributed by atoms with Crippen LogP contribution in [0.25, 0.3) is 0 Å². The number of carboxylic acids is 1. The van der Waals surface area contributed by atoms with Crippen LogP contribution in [0.3, 0.4) is 0 Å². The van der Waals surface area contributed by atoms with E-state index in [2.05, 4.69) is 4.74 Å². The number of carboxylic acid groups (broad SMARTS) is 1. The lowest BCUT2D eigenvalue weighted by Gasteiger charge is -2.11. The molecule has 70 valence electrons. The Kier molecular flexibility index (Phi) is 5.23. The molecule has 0 saturated carbocycles. The normalized spacial score (nSPS) is 12.5. The quantitative estimate of drug-likeness (QED) is 0.546. The molecule has 5 heteroatoms. The number of aliphatic carboxylic acids is 1. The summed E-state index contributed by atoms with van der Waals surface area (Å²) in [6.07, 6.45) is -0.961. The highest BCUT2D eigenvalue weighted by Crippen LogP contribution is 2.04. The predicted octanol–water partition coefficient (Wildman–Crippen LogP) is -0.225. The molecule has 0 bridgehead atoms. The number of hydrogen-bond donors (Lipinski definition) is 2. The fourth-order valence-electron chi connectivity index (χ4n) is 0.811. The summed E-state index contributed by atoms with van der Waals surface area (Å²) in [7, 11) is 0. The Hall–Kier alpha value is -0.940. The number of ether oxygens (including phenoxy) is 1. The Morgan fingerprint density at radius 1 is 1.42 bits per heavy atom. The van der Waals surface area contributed by atoms with Crippen molar-refractivity contribution in [3.8, 4) is 0 Å². The van der Waals surface area contributed by atoms with Gasteiger partial charge >= 0.3 is 5.97 Å². The van der Waals surface area contributed by atoms with Crippen molar-refractivity contribution in [3.05, 3.63) is 0 Å². The summed E-state index contributed by atoms with van der Waals surface area (Å²) >= 11 is 0. The van der Waals surface area contributed by atoms with Crippen LogP contribution in [0.4, 0.5) is 0 Å². The van der Waals surface area contributed by atoms with Gasteiger partial charge in [0.25, 0.3) is 0 Å². The van der Waals surface area contributed by atoms with Crippen LogP contribution in [0.15, 0.2) is 0 Å². The summed E-state index contributed by atoms with van der Waals surface area (Å²) in [6.45, 7) is 0.779. The summed E-state index contributed by atoms with van der Waals surface area (Å²) in [5.74, 6) is -1.20. The van der Waals surface area contributed by atoms with Crippen molar-refractivity contribution in [1.29, 1.82) is 0 Å². The van der Waals surface area contributed by atoms with E-state index in [9.17, 15) is 9.59 Å². The molecule has 0 aliphatic rings. The lowest BCUT2D eigenvalue weighted by atomic mass is 10.1. The van der Waals surface area contributed by atoms with E-state index in [1.54, 1.807) is 0 Å². The van der Waals surface area contributed by atoms with Crippen molar-refractivity contribution >= 4 is 11.8 Å². The zero-order chi connectivity index (χ0) is 9.56. The molecule has 0 heterocycles. The maximum absolute atomic E-state index is 10.6. The molecule has 0 aromatic heterocycles. The first kappa shape index (κ1) is 11.1. The predicted molar refractivity (Wildman–Crippen MR) is 39.5 cm³/mol. The van der Waals surface area contributed by atoms with Crippen molar-refractivity contribution < 1.29 is 24.5 Å². The third kappa shape index (κ3) is 5.82. The van der Waals surface area contributed by atoms with Crippen molar-refractivity contribution in [1.82, 2.24) is 0 Å². The molecule has 1 unspecified atom stereocenters. The van der Waals surface area contributed by atoms with Gasteiger partial charge < -0.3 is 14.9 Å². The summed E-state index contributed by atoms with van der Waals surface area (Å²) in [6, 6.07) is 0. The SMILES string of the molecule is CC(=O)CC(CC(=O)O)OCO. The average molecular weight is 176 g/mol. The summed E-state index contributed by atoms with van der Waals surface area (Å²) in [5.41, 5.74) is 0. The van der Waals surface area contributed by atoms with Crippen LogP contribution in [0.5, 0.6) is 0 Å². The van der Waals surface area contributed by atoms with E-state index < -0.39 is 18.9 Å². The van der Waals surface area contributed by atoms with Crippen LogP contribution in [0.2, 0.25) is 0 Å². The monoisotopic (exact) mass is 176 g/mol. The topological polar surface area (TPSA) is 83.8 Å². The van der Waals surface area contributed by atoms with Gasteiger partial charge in [0, 0.05) is 6.42 Å². The highest BCUT2D eigenvalue weighted by atomic mass is 16.6. The van der Waals surface area contributed by atoms with Gasteiger partial charge in [0.1, 0.15) is 12.6 Å². The van der Waals surface area contributed by atoms with Gasteiger partial charge in [-0.25, -0.2) is 0 Å². The lowest BCUT2D eigenvalue weighted by molar-refractivity contribution is -0.143. The fourth-order valence-corrected chi connectivity index (χ4v) is 0.811. The number of aliphatic hydroxyl groups excluding tert-OH is 1. The second kappa shape index (κ2) is 5.68. The molecule has 12 heavy (non-hydrogen) atoms. The maximum Gasteiger partial charge on any atom is 0.305 e. The van der Waals surface area contributed by atoms with Gasteiger partial charge in [0.15, 0.2) is 0 Å². The fraction of sp³-hybridized carbons (Fsp3) is 0.714. The molecule has 0 amide bonds. The summed E-state index contributed by atoms with van der Waals surface area (Å²) in [4.78, 5) is 20.7. The van der Waals surface area contributed by atoms with Gasteiger partial charge in [0.2, 0.25) is 0 Å². The Bertz CT molecular complexity index is 149. The van der Waals surface area contributed by atoms with E-state index in [-0.39, 0.29) is 18.6 Å². The molecule has 0 spiro atoms. The van der Waals surface area contributed by atoms with Gasteiger partial charge in [0.05, 0.1) is 12.5 Å². The largest absolute Gasteiger partial charge is 0.481 e. The first-order valence-corrected chi connectivity index (χ1v) is 3.50. The molecule has 0 rings (SSSR count). The van der Waals surface area contributed by atoms with Gasteiger partial charge in [-0.2, -0.15) is 0 Å². The van der Waals surface area contributed by atoms with Crippen LogP contribution in [0.1, 0.15) is 19.8 Å². The number of ketones is 1. The minimum Gasteiger partial charge on any atom is -0.481 e. The van der Waals surface area contributed by atoms with Gasteiger partial charge in [-0.1, -0.05) is 0 Å². The molecule has 2 N–H and O–H groups in total. The smallest absolute Gasteiger partial charge is 0.305 e. The maximum atomic E-state index is 10.6. The van der Waals surface area contributed by atoms with Gasteiger partial charge in [-0.05, 0) is 6.92 Å². The van der Waals surface area contributed by atoms with E-state index in [1.807, 2.05) is 0 Å². The molecule has 0 aromatic carbocycles. The molecule has 0 saturated heterocycles. The highest BCUT2D eigenvalue weighted by molar-refractivity contribution is 5.77. The molecule has 0 aliphatic heterocycles. The van der Waals surface area contributed by atoms with Crippen molar-refractivity contribution in [2.45, 2.75) is 25.9 Å². The molecule has 0 radical (unpaired) electrons. The first-order chi connectivity index (χ1) is 5.56. The third-order valence-corrected chi connectivity index (χ3v) is 1.23. The Morgan fingerprint density at radius 3 is 2.33 bits per heavy atom. The van der Waals surface area contributed by atoms with Crippen LogP contribution < -0.4 is 0 Å². The van der Waals surface area contributed by atoms with E-state index in [4.69, 9.17) is 10.2 Å². The van der Waals surface area contributed by atoms with Gasteiger partial charge in [-0.15, -0.1) is 0 Å². The number of carbonyl (C=O) groups excluding carboxylic acids is 1. The van der Waals surface area contributed by atoms with Crippen LogP contribution in [-0.2, 0) is 14.3 Å². The molecule has 0 aliphatic carbocycles. The van der Waals surface area contributed by atoms with Crippen molar-refractivity contribution in [2.24, 2.45) is 0 Å². The minimum atomic E-state index is -1.05. The Morgan fingerprint density at radius 2 is 2.00 bits per heavy atom. The summed E-state index contributed by atoms with van der Waals surface area (Å²) < 4.78 is 4.62. The Balaban J connectivity index is 3.85. The van der Waals surface area contributed by atoms with Gasteiger partial charge in [-0.3, -0.25) is 9.59 Å². The number of carbonyl (C=O) groups is 2. The number of aliphatic hydroxyl groups is 1. The standard InChI is InChI=1S/C7H12O5/c1-5(9)2-6(12-4-8)3-7(10)11/h6,8H,2-4H2,1H3,(H,10,11).